The van der Waals surface area contributed by atoms with Crippen LogP contribution in [-0.4, -0.2) is 50.3 Å². The number of nitrogens with zero attached hydrogens (tertiary/aromatic N) is 2. The number of carbonyl (C=O) groups is 1. The van der Waals surface area contributed by atoms with E-state index in [4.69, 9.17) is 21.3 Å². The van der Waals surface area contributed by atoms with Crippen molar-refractivity contribution in [3.8, 4) is 0 Å². The fourth-order valence-electron chi connectivity index (χ4n) is 4.07. The molecule has 0 atom stereocenters. The van der Waals surface area contributed by atoms with Crippen LogP contribution in [0.2, 0.25) is 5.02 Å². The standard InChI is InChI=1S/C20H26ClN3O2S/c21-16-7-4-8-17-18(16)22-20(27-17)24(10-9-23-11-13-26-14-12-23)19(25)15-5-2-1-3-6-15/h4,7-8,15H,1-3,5-6,9-14H2/p+1. The molecule has 2 aliphatic rings. The molecular weight excluding hydrogens is 382 g/mol. The average Bonchev–Trinajstić information content (AvgIpc) is 3.15. The number of nitrogens with one attached hydrogen (secondary N) is 1. The number of benzene rings is 1. The Labute approximate surface area is 169 Å². The lowest BCUT2D eigenvalue weighted by atomic mass is 9.88. The van der Waals surface area contributed by atoms with Crippen molar-refractivity contribution in [3.63, 3.8) is 0 Å². The molecular formula is C20H27ClN3O2S+. The Morgan fingerprint density at radius 1 is 1.26 bits per heavy atom. The number of anilines is 1. The maximum absolute atomic E-state index is 13.4. The number of carbonyl (C=O) groups excluding carboxylic acids is 1. The highest BCUT2D eigenvalue weighted by atomic mass is 35.5. The van der Waals surface area contributed by atoms with E-state index in [1.807, 2.05) is 23.1 Å². The number of hydrogen-bond acceptors (Lipinski definition) is 4. The van der Waals surface area contributed by atoms with E-state index in [-0.39, 0.29) is 11.8 Å². The topological polar surface area (TPSA) is 46.9 Å². The van der Waals surface area contributed by atoms with Gasteiger partial charge in [0.2, 0.25) is 5.91 Å². The number of thiazole rings is 1. The maximum Gasteiger partial charge on any atom is 0.232 e. The highest BCUT2D eigenvalue weighted by Crippen LogP contribution is 2.34. The summed E-state index contributed by atoms with van der Waals surface area (Å²) < 4.78 is 6.50. The summed E-state index contributed by atoms with van der Waals surface area (Å²) in [7, 11) is 0. The third-order valence-electron chi connectivity index (χ3n) is 5.70. The lowest BCUT2D eigenvalue weighted by Crippen LogP contribution is -3.14. The van der Waals surface area contributed by atoms with E-state index in [1.54, 1.807) is 11.3 Å². The highest BCUT2D eigenvalue weighted by Gasteiger charge is 2.30. The van der Waals surface area contributed by atoms with Gasteiger partial charge in [0, 0.05) is 5.92 Å². The van der Waals surface area contributed by atoms with Crippen molar-refractivity contribution in [2.24, 2.45) is 5.92 Å². The molecule has 1 aromatic heterocycles. The number of rotatable bonds is 5. The normalized spacial score (nSPS) is 19.4. The second kappa shape index (κ2) is 8.86. The summed E-state index contributed by atoms with van der Waals surface area (Å²) in [5.74, 6) is 0.387. The van der Waals surface area contributed by atoms with E-state index in [0.717, 1.165) is 73.9 Å². The van der Waals surface area contributed by atoms with Gasteiger partial charge in [-0.3, -0.25) is 9.69 Å². The van der Waals surface area contributed by atoms with E-state index in [2.05, 4.69) is 0 Å². The van der Waals surface area contributed by atoms with Crippen LogP contribution in [0.25, 0.3) is 10.2 Å². The zero-order valence-corrected chi connectivity index (χ0v) is 17.2. The molecule has 1 N–H and O–H groups in total. The molecule has 1 aliphatic heterocycles. The molecule has 1 aromatic carbocycles. The average molecular weight is 409 g/mol. The first-order valence-electron chi connectivity index (χ1n) is 10.00. The first kappa shape index (κ1) is 19.1. The number of quaternary nitrogens is 1. The van der Waals surface area contributed by atoms with Crippen LogP contribution >= 0.6 is 22.9 Å². The van der Waals surface area contributed by atoms with E-state index in [1.165, 1.54) is 11.3 Å². The fourth-order valence-corrected chi connectivity index (χ4v) is 5.37. The molecule has 0 bridgehead atoms. The summed E-state index contributed by atoms with van der Waals surface area (Å²) in [5, 5.41) is 1.44. The van der Waals surface area contributed by atoms with Gasteiger partial charge in [0.1, 0.15) is 18.6 Å². The van der Waals surface area contributed by atoms with Gasteiger partial charge in [0.15, 0.2) is 5.13 Å². The van der Waals surface area contributed by atoms with Crippen LogP contribution in [-0.2, 0) is 9.53 Å². The lowest BCUT2D eigenvalue weighted by molar-refractivity contribution is -0.906. The van der Waals surface area contributed by atoms with E-state index in [0.29, 0.717) is 11.6 Å². The van der Waals surface area contributed by atoms with Crippen LogP contribution < -0.4 is 9.80 Å². The fraction of sp³-hybridized carbons (Fsp3) is 0.600. The number of fused-ring (bicyclic) bond motifs is 1. The highest BCUT2D eigenvalue weighted by molar-refractivity contribution is 7.22. The second-order valence-electron chi connectivity index (χ2n) is 7.52. The van der Waals surface area contributed by atoms with Gasteiger partial charge in [-0.15, -0.1) is 0 Å². The minimum absolute atomic E-state index is 0.140. The zero-order chi connectivity index (χ0) is 18.6. The molecule has 2 fully saturated rings. The van der Waals surface area contributed by atoms with E-state index in [9.17, 15) is 4.79 Å². The number of amides is 1. The van der Waals surface area contributed by atoms with Crippen molar-refractivity contribution in [1.29, 1.82) is 0 Å². The SMILES string of the molecule is O=C(C1CCCCC1)N(CC[NH+]1CCOCC1)c1nc2c(Cl)cccc2s1. The molecule has 0 unspecified atom stereocenters. The first-order valence-corrected chi connectivity index (χ1v) is 11.2. The van der Waals surface area contributed by atoms with Crippen molar-refractivity contribution in [1.82, 2.24) is 4.98 Å². The molecule has 0 radical (unpaired) electrons. The van der Waals surface area contributed by atoms with Crippen LogP contribution in [0, 0.1) is 5.92 Å². The molecule has 1 saturated carbocycles. The largest absolute Gasteiger partial charge is 0.370 e. The van der Waals surface area contributed by atoms with Gasteiger partial charge in [0.25, 0.3) is 0 Å². The summed E-state index contributed by atoms with van der Waals surface area (Å²) in [5.41, 5.74) is 0.805. The Morgan fingerprint density at radius 3 is 2.78 bits per heavy atom. The third kappa shape index (κ3) is 4.45. The minimum atomic E-state index is 0.140. The van der Waals surface area contributed by atoms with Crippen LogP contribution in [0.4, 0.5) is 5.13 Å². The van der Waals surface area contributed by atoms with Crippen molar-refractivity contribution in [2.45, 2.75) is 32.1 Å². The molecule has 7 heteroatoms. The van der Waals surface area contributed by atoms with Crippen molar-refractivity contribution in [2.75, 3.05) is 44.3 Å². The van der Waals surface area contributed by atoms with Crippen LogP contribution in [0.3, 0.4) is 0 Å². The molecule has 5 nitrogen and oxygen atoms in total. The molecule has 2 heterocycles. The van der Waals surface area contributed by atoms with Gasteiger partial charge in [-0.2, -0.15) is 0 Å². The molecule has 0 spiro atoms. The van der Waals surface area contributed by atoms with Crippen LogP contribution in [0.5, 0.6) is 0 Å². The maximum atomic E-state index is 13.4. The Hall–Kier alpha value is -1.21. The molecule has 2 aromatic rings. The molecule has 1 amide bonds. The van der Waals surface area contributed by atoms with E-state index < -0.39 is 0 Å². The van der Waals surface area contributed by atoms with Crippen molar-refractivity contribution in [3.05, 3.63) is 23.2 Å². The minimum Gasteiger partial charge on any atom is -0.370 e. The van der Waals surface area contributed by atoms with Gasteiger partial charge in [0.05, 0.1) is 36.0 Å². The number of aromatic nitrogens is 1. The second-order valence-corrected chi connectivity index (χ2v) is 8.94. The molecule has 146 valence electrons. The number of halogens is 1. The predicted molar refractivity (Wildman–Crippen MR) is 110 cm³/mol. The Balaban J connectivity index is 1.57. The summed E-state index contributed by atoms with van der Waals surface area (Å²) in [6, 6.07) is 5.83. The van der Waals surface area contributed by atoms with Gasteiger partial charge in [-0.05, 0) is 25.0 Å². The van der Waals surface area contributed by atoms with Gasteiger partial charge >= 0.3 is 0 Å². The van der Waals surface area contributed by atoms with Gasteiger partial charge in [-0.1, -0.05) is 48.3 Å². The summed E-state index contributed by atoms with van der Waals surface area (Å²) in [6.45, 7) is 5.28. The molecule has 4 rings (SSSR count). The summed E-state index contributed by atoms with van der Waals surface area (Å²) >= 11 is 7.90. The smallest absolute Gasteiger partial charge is 0.232 e. The zero-order valence-electron chi connectivity index (χ0n) is 15.6. The van der Waals surface area contributed by atoms with Crippen LogP contribution in [0.15, 0.2) is 18.2 Å². The summed E-state index contributed by atoms with van der Waals surface area (Å²) in [4.78, 5) is 21.6. The van der Waals surface area contributed by atoms with Crippen molar-refractivity contribution >= 4 is 44.2 Å². The number of hydrogen-bond donors (Lipinski definition) is 1. The van der Waals surface area contributed by atoms with Crippen molar-refractivity contribution < 1.29 is 14.4 Å². The predicted octanol–water partition coefficient (Wildman–Crippen LogP) is 2.78. The molecule has 1 saturated heterocycles. The molecule has 27 heavy (non-hydrogen) atoms. The Bertz CT molecular complexity index is 785. The quantitative estimate of drug-likeness (QED) is 0.827. The summed E-state index contributed by atoms with van der Waals surface area (Å²) in [6.07, 6.45) is 5.57. The first-order chi connectivity index (χ1) is 13.2. The van der Waals surface area contributed by atoms with E-state index >= 15 is 0 Å². The lowest BCUT2D eigenvalue weighted by Gasteiger charge is -2.30. The van der Waals surface area contributed by atoms with Gasteiger partial charge in [-0.25, -0.2) is 4.98 Å². The number of morpholine rings is 1. The Kier molecular flexibility index (Phi) is 6.28. The van der Waals surface area contributed by atoms with Crippen LogP contribution in [0.1, 0.15) is 32.1 Å². The molecule has 1 aliphatic carbocycles. The number of ether oxygens (including phenoxy) is 1. The monoisotopic (exact) mass is 408 g/mol. The Morgan fingerprint density at radius 2 is 2.04 bits per heavy atom. The number of para-hydroxylation sites is 1. The third-order valence-corrected chi connectivity index (χ3v) is 7.05. The van der Waals surface area contributed by atoms with Gasteiger partial charge < -0.3 is 9.64 Å².